The molecule has 1 aromatic heterocycles. The summed E-state index contributed by atoms with van der Waals surface area (Å²) in [7, 11) is 0. The molecular weight excluding hydrogens is 411 g/mol. The number of allylic oxidation sites excluding steroid dienone is 2. The van der Waals surface area contributed by atoms with E-state index in [0.717, 1.165) is 24.0 Å². The fraction of sp³-hybridized carbons (Fsp3) is 0.273. The Morgan fingerprint density at radius 1 is 1.31 bits per heavy atom. The monoisotopic (exact) mass is 432 g/mol. The van der Waals surface area contributed by atoms with Gasteiger partial charge in [0.25, 0.3) is 5.56 Å². The van der Waals surface area contributed by atoms with Gasteiger partial charge in [0.2, 0.25) is 0 Å². The van der Waals surface area contributed by atoms with E-state index in [4.69, 9.17) is 28.9 Å². The number of aromatic nitrogens is 1. The maximum absolute atomic E-state index is 12.9. The molecule has 7 heteroatoms. The van der Waals surface area contributed by atoms with Gasteiger partial charge < -0.3 is 10.8 Å². The molecule has 1 atom stereocenters. The Bertz CT molecular complexity index is 1070. The number of carbonyl (C=O) groups is 1. The Labute approximate surface area is 179 Å². The summed E-state index contributed by atoms with van der Waals surface area (Å²) in [5, 5.41) is 10.2. The van der Waals surface area contributed by atoms with Crippen molar-refractivity contribution in [3.05, 3.63) is 73.6 Å². The lowest BCUT2D eigenvalue weighted by atomic mass is 9.99. The predicted octanol–water partition coefficient (Wildman–Crippen LogP) is 5.62. The van der Waals surface area contributed by atoms with Gasteiger partial charge in [-0.1, -0.05) is 42.8 Å². The van der Waals surface area contributed by atoms with Gasteiger partial charge in [0, 0.05) is 12.1 Å². The third kappa shape index (κ3) is 4.26. The van der Waals surface area contributed by atoms with Crippen molar-refractivity contribution in [1.29, 1.82) is 0 Å². The number of anilines is 1. The molecule has 3 rings (SSSR count). The minimum Gasteiger partial charge on any atom is -0.477 e. The molecule has 5 nitrogen and oxygen atoms in total. The molecule has 1 aliphatic rings. The molecule has 1 unspecified atom stereocenters. The molecule has 29 heavy (non-hydrogen) atoms. The first-order valence-electron chi connectivity index (χ1n) is 9.23. The fourth-order valence-electron chi connectivity index (χ4n) is 3.30. The summed E-state index contributed by atoms with van der Waals surface area (Å²) < 4.78 is 1.39. The second-order valence-corrected chi connectivity index (χ2v) is 8.24. The SMILES string of the molecule is C=C(C)c1c(C2CC2)cc(C(=O)O)c(=O)n1/C=C\C(C)c1cc(Cl)c(N)c(Cl)c1. The minimum absolute atomic E-state index is 0.145. The number of nitrogen functional groups attached to an aromatic ring is 1. The molecule has 1 saturated carbocycles. The summed E-state index contributed by atoms with van der Waals surface area (Å²) in [6.45, 7) is 7.73. The number of hydrogen-bond donors (Lipinski definition) is 2. The van der Waals surface area contributed by atoms with E-state index >= 15 is 0 Å². The number of nitrogens with zero attached hydrogens (tertiary/aromatic N) is 1. The van der Waals surface area contributed by atoms with Gasteiger partial charge in [-0.15, -0.1) is 0 Å². The highest BCUT2D eigenvalue weighted by atomic mass is 35.5. The van der Waals surface area contributed by atoms with Gasteiger partial charge in [0.15, 0.2) is 0 Å². The van der Waals surface area contributed by atoms with E-state index in [2.05, 4.69) is 6.58 Å². The van der Waals surface area contributed by atoms with Crippen molar-refractivity contribution < 1.29 is 9.90 Å². The highest BCUT2D eigenvalue weighted by Gasteiger charge is 2.30. The number of nitrogens with two attached hydrogens (primary N) is 1. The topological polar surface area (TPSA) is 85.3 Å². The first kappa shape index (κ1) is 21.2. The van der Waals surface area contributed by atoms with E-state index in [1.807, 2.05) is 13.8 Å². The summed E-state index contributed by atoms with van der Waals surface area (Å²) in [5.41, 5.74) is 8.33. The van der Waals surface area contributed by atoms with Crippen LogP contribution < -0.4 is 11.3 Å². The summed E-state index contributed by atoms with van der Waals surface area (Å²) in [6, 6.07) is 4.95. The number of halogens is 2. The van der Waals surface area contributed by atoms with E-state index in [9.17, 15) is 14.7 Å². The van der Waals surface area contributed by atoms with Crippen molar-refractivity contribution in [1.82, 2.24) is 4.57 Å². The highest BCUT2D eigenvalue weighted by Crippen LogP contribution is 2.43. The maximum atomic E-state index is 12.9. The maximum Gasteiger partial charge on any atom is 0.341 e. The van der Waals surface area contributed by atoms with Crippen LogP contribution in [0.5, 0.6) is 0 Å². The molecule has 2 aromatic rings. The van der Waals surface area contributed by atoms with Crippen molar-refractivity contribution in [2.75, 3.05) is 5.73 Å². The first-order chi connectivity index (χ1) is 13.6. The van der Waals surface area contributed by atoms with Gasteiger partial charge in [-0.2, -0.15) is 0 Å². The quantitative estimate of drug-likeness (QED) is 0.579. The molecule has 1 aromatic carbocycles. The van der Waals surface area contributed by atoms with Crippen molar-refractivity contribution in [2.24, 2.45) is 0 Å². The van der Waals surface area contributed by atoms with Crippen LogP contribution in [0.15, 0.2) is 35.6 Å². The van der Waals surface area contributed by atoms with E-state index in [-0.39, 0.29) is 17.4 Å². The molecule has 0 saturated heterocycles. The van der Waals surface area contributed by atoms with Gasteiger partial charge in [-0.3, -0.25) is 9.36 Å². The Kier molecular flexibility index (Phi) is 5.92. The molecule has 152 valence electrons. The zero-order valence-corrected chi connectivity index (χ0v) is 17.7. The summed E-state index contributed by atoms with van der Waals surface area (Å²) in [4.78, 5) is 24.5. The van der Waals surface area contributed by atoms with Crippen LogP contribution in [0.25, 0.3) is 11.8 Å². The standard InChI is InChI=1S/C22H22Cl2N2O3/c1-11(2)20-15(13-4-5-13)10-16(22(28)29)21(27)26(20)7-6-12(3)14-8-17(23)19(25)18(24)9-14/h6-10,12-13H,1,4-5,25H2,2-3H3,(H,28,29)/b7-6-. The minimum atomic E-state index is -1.24. The van der Waals surface area contributed by atoms with Crippen LogP contribution in [0.1, 0.15) is 65.7 Å². The average molecular weight is 433 g/mol. The van der Waals surface area contributed by atoms with Gasteiger partial charge in [0.1, 0.15) is 5.56 Å². The molecule has 3 N–H and O–H groups in total. The Balaban J connectivity index is 2.11. The van der Waals surface area contributed by atoms with Gasteiger partial charge >= 0.3 is 5.97 Å². The molecule has 1 fully saturated rings. The van der Waals surface area contributed by atoms with Crippen molar-refractivity contribution in [3.8, 4) is 0 Å². The van der Waals surface area contributed by atoms with Crippen LogP contribution in [-0.2, 0) is 0 Å². The molecule has 1 heterocycles. The largest absolute Gasteiger partial charge is 0.477 e. The molecule has 0 bridgehead atoms. The lowest BCUT2D eigenvalue weighted by Gasteiger charge is -2.16. The summed E-state index contributed by atoms with van der Waals surface area (Å²) in [6.07, 6.45) is 5.35. The van der Waals surface area contributed by atoms with E-state index in [1.165, 1.54) is 10.6 Å². The Morgan fingerprint density at radius 2 is 1.90 bits per heavy atom. The van der Waals surface area contributed by atoms with Crippen LogP contribution >= 0.6 is 23.2 Å². The lowest BCUT2D eigenvalue weighted by molar-refractivity contribution is 0.0694. The van der Waals surface area contributed by atoms with Crippen molar-refractivity contribution in [2.45, 2.75) is 38.5 Å². The second-order valence-electron chi connectivity index (χ2n) is 7.43. The number of rotatable bonds is 6. The van der Waals surface area contributed by atoms with Crippen LogP contribution in [0.2, 0.25) is 10.0 Å². The average Bonchev–Trinajstić information content (AvgIpc) is 3.48. The molecular formula is C22H22Cl2N2O3. The summed E-state index contributed by atoms with van der Waals surface area (Å²) in [5.74, 6) is -1.13. The van der Waals surface area contributed by atoms with E-state index in [0.29, 0.717) is 27.0 Å². The predicted molar refractivity (Wildman–Crippen MR) is 119 cm³/mol. The molecule has 0 spiro atoms. The molecule has 0 amide bonds. The van der Waals surface area contributed by atoms with Crippen LogP contribution in [0.4, 0.5) is 5.69 Å². The van der Waals surface area contributed by atoms with Gasteiger partial charge in [-0.25, -0.2) is 4.79 Å². The number of aromatic carboxylic acids is 1. The first-order valence-corrected chi connectivity index (χ1v) is 9.98. The van der Waals surface area contributed by atoms with Crippen molar-refractivity contribution in [3.63, 3.8) is 0 Å². The fourth-order valence-corrected chi connectivity index (χ4v) is 3.81. The zero-order valence-electron chi connectivity index (χ0n) is 16.2. The zero-order chi connectivity index (χ0) is 21.5. The lowest BCUT2D eigenvalue weighted by Crippen LogP contribution is -2.27. The summed E-state index contributed by atoms with van der Waals surface area (Å²) >= 11 is 12.2. The van der Waals surface area contributed by atoms with Crippen LogP contribution in [-0.4, -0.2) is 15.6 Å². The number of carboxylic acid groups (broad SMARTS) is 1. The van der Waals surface area contributed by atoms with Gasteiger partial charge in [0.05, 0.1) is 21.4 Å². The second kappa shape index (κ2) is 8.09. The highest BCUT2D eigenvalue weighted by molar-refractivity contribution is 6.38. The third-order valence-electron chi connectivity index (χ3n) is 5.07. The Morgan fingerprint density at radius 3 is 2.38 bits per heavy atom. The van der Waals surface area contributed by atoms with Gasteiger partial charge in [-0.05, 0) is 60.6 Å². The van der Waals surface area contributed by atoms with E-state index in [1.54, 1.807) is 24.4 Å². The number of benzene rings is 1. The molecule has 0 aliphatic heterocycles. The smallest absolute Gasteiger partial charge is 0.341 e. The molecule has 0 radical (unpaired) electrons. The van der Waals surface area contributed by atoms with Crippen LogP contribution in [0, 0.1) is 0 Å². The number of carboxylic acids is 1. The van der Waals surface area contributed by atoms with E-state index < -0.39 is 11.5 Å². The van der Waals surface area contributed by atoms with Crippen LogP contribution in [0.3, 0.4) is 0 Å². The third-order valence-corrected chi connectivity index (χ3v) is 5.69. The number of pyridine rings is 1. The number of hydrogen-bond acceptors (Lipinski definition) is 3. The molecule has 1 aliphatic carbocycles. The van der Waals surface area contributed by atoms with Crippen molar-refractivity contribution >= 4 is 46.6 Å². The normalized spacial score (nSPS) is 14.9. The Hall–Kier alpha value is -2.50.